The van der Waals surface area contributed by atoms with E-state index in [-0.39, 0.29) is 17.7 Å². The van der Waals surface area contributed by atoms with Crippen LogP contribution in [-0.4, -0.2) is 52.2 Å². The summed E-state index contributed by atoms with van der Waals surface area (Å²) in [6, 6.07) is 0.373. The summed E-state index contributed by atoms with van der Waals surface area (Å²) in [6.07, 6.45) is 4.83. The number of likely N-dealkylation sites (tertiary alicyclic amines) is 1. The van der Waals surface area contributed by atoms with Crippen molar-refractivity contribution in [2.75, 3.05) is 19.6 Å². The third kappa shape index (κ3) is 2.92. The Kier molecular flexibility index (Phi) is 4.04. The first-order valence-electron chi connectivity index (χ1n) is 8.98. The van der Waals surface area contributed by atoms with Gasteiger partial charge in [0.2, 0.25) is 5.91 Å². The molecule has 1 atom stereocenters. The van der Waals surface area contributed by atoms with Crippen molar-refractivity contribution in [3.05, 3.63) is 17.0 Å². The van der Waals surface area contributed by atoms with E-state index in [1.165, 1.54) is 0 Å². The largest absolute Gasteiger partial charge is 0.353 e. The lowest BCUT2D eigenvalue weighted by Gasteiger charge is -2.32. The highest BCUT2D eigenvalue weighted by Crippen LogP contribution is 2.24. The number of aryl methyl sites for hydroxylation is 1. The van der Waals surface area contributed by atoms with Crippen molar-refractivity contribution in [1.29, 1.82) is 0 Å². The average molecular weight is 331 g/mol. The molecule has 1 aliphatic carbocycles. The molecular formula is C17H25N5O2. The van der Waals surface area contributed by atoms with Crippen LogP contribution in [0.1, 0.15) is 47.4 Å². The lowest BCUT2D eigenvalue weighted by molar-refractivity contribution is -0.126. The predicted molar refractivity (Wildman–Crippen MR) is 88.4 cm³/mol. The van der Waals surface area contributed by atoms with Gasteiger partial charge in [0.1, 0.15) is 0 Å². The van der Waals surface area contributed by atoms with Crippen LogP contribution < -0.4 is 10.6 Å². The molecule has 1 aromatic heterocycles. The number of hydrogen-bond acceptors (Lipinski definition) is 4. The van der Waals surface area contributed by atoms with E-state index >= 15 is 0 Å². The Balaban J connectivity index is 1.48. The Labute approximate surface area is 141 Å². The lowest BCUT2D eigenvalue weighted by Crippen LogP contribution is -2.46. The van der Waals surface area contributed by atoms with Crippen LogP contribution in [0, 0.1) is 5.92 Å². The Morgan fingerprint density at radius 1 is 1.29 bits per heavy atom. The van der Waals surface area contributed by atoms with Crippen LogP contribution in [0.5, 0.6) is 0 Å². The van der Waals surface area contributed by atoms with Gasteiger partial charge in [0, 0.05) is 56.9 Å². The number of hydrogen-bond donors (Lipinski definition) is 2. The van der Waals surface area contributed by atoms with Gasteiger partial charge in [-0.2, -0.15) is 5.10 Å². The molecule has 0 bridgehead atoms. The average Bonchev–Trinajstić information content (AvgIpc) is 3.36. The molecule has 24 heavy (non-hydrogen) atoms. The molecule has 1 saturated heterocycles. The summed E-state index contributed by atoms with van der Waals surface area (Å²) in [5, 5.41) is 10.9. The van der Waals surface area contributed by atoms with Crippen LogP contribution in [0.4, 0.5) is 0 Å². The van der Waals surface area contributed by atoms with Gasteiger partial charge in [-0.15, -0.1) is 0 Å². The highest BCUT2D eigenvalue weighted by Gasteiger charge is 2.34. The number of piperidine rings is 1. The van der Waals surface area contributed by atoms with Crippen molar-refractivity contribution in [1.82, 2.24) is 25.3 Å². The number of nitrogens with zero attached hydrogens (tertiary/aromatic N) is 3. The van der Waals surface area contributed by atoms with Gasteiger partial charge in [-0.1, -0.05) is 0 Å². The standard InChI is InChI=1S/C17H25N5O2/c1-21-14-6-7-18-9-13(14)15(20-21)17(24)22-8-2-3-11(10-22)16(23)19-12-4-5-12/h11-12,18H,2-10H2,1H3,(H,19,23)/t11-/m0/s1. The zero-order valence-electron chi connectivity index (χ0n) is 14.2. The molecule has 2 N–H and O–H groups in total. The van der Waals surface area contributed by atoms with E-state index < -0.39 is 0 Å². The molecule has 0 spiro atoms. The molecule has 2 fully saturated rings. The van der Waals surface area contributed by atoms with Crippen LogP contribution in [0.25, 0.3) is 0 Å². The SMILES string of the molecule is Cn1nc(C(=O)N2CCC[C@H](C(=O)NC3CC3)C2)c2c1CCNC2. The molecule has 1 saturated carbocycles. The fourth-order valence-corrected chi connectivity index (χ4v) is 3.77. The third-order valence-electron chi connectivity index (χ3n) is 5.32. The van der Waals surface area contributed by atoms with Gasteiger partial charge in [0.25, 0.3) is 5.91 Å². The maximum Gasteiger partial charge on any atom is 0.274 e. The number of aromatic nitrogens is 2. The first-order chi connectivity index (χ1) is 11.6. The monoisotopic (exact) mass is 331 g/mol. The molecule has 0 aromatic carbocycles. The number of carbonyl (C=O) groups is 2. The zero-order valence-corrected chi connectivity index (χ0v) is 14.2. The van der Waals surface area contributed by atoms with Gasteiger partial charge in [-0.3, -0.25) is 14.3 Å². The fraction of sp³-hybridized carbons (Fsp3) is 0.706. The molecule has 4 rings (SSSR count). The maximum atomic E-state index is 13.0. The van der Waals surface area contributed by atoms with Crippen molar-refractivity contribution >= 4 is 11.8 Å². The molecule has 0 radical (unpaired) electrons. The smallest absolute Gasteiger partial charge is 0.274 e. The Morgan fingerprint density at radius 2 is 2.12 bits per heavy atom. The van der Waals surface area contributed by atoms with E-state index in [4.69, 9.17) is 0 Å². The number of rotatable bonds is 3. The molecule has 130 valence electrons. The van der Waals surface area contributed by atoms with E-state index in [0.717, 1.165) is 49.9 Å². The number of amides is 2. The van der Waals surface area contributed by atoms with Crippen LogP contribution >= 0.6 is 0 Å². The predicted octanol–water partition coefficient (Wildman–Crippen LogP) is 0.197. The Morgan fingerprint density at radius 3 is 2.92 bits per heavy atom. The quantitative estimate of drug-likeness (QED) is 0.829. The van der Waals surface area contributed by atoms with E-state index in [9.17, 15) is 9.59 Å². The van der Waals surface area contributed by atoms with E-state index in [0.29, 0.717) is 31.4 Å². The van der Waals surface area contributed by atoms with Gasteiger partial charge in [0.15, 0.2) is 5.69 Å². The normalized spacial score (nSPS) is 23.7. The third-order valence-corrected chi connectivity index (χ3v) is 5.32. The second-order valence-corrected chi connectivity index (χ2v) is 7.20. The van der Waals surface area contributed by atoms with Gasteiger partial charge in [-0.05, 0) is 25.7 Å². The summed E-state index contributed by atoms with van der Waals surface area (Å²) in [6.45, 7) is 2.85. The summed E-state index contributed by atoms with van der Waals surface area (Å²) >= 11 is 0. The van der Waals surface area contributed by atoms with E-state index in [1.54, 1.807) is 0 Å². The highest BCUT2D eigenvalue weighted by molar-refractivity contribution is 5.94. The van der Waals surface area contributed by atoms with Crippen LogP contribution in [0.2, 0.25) is 0 Å². The van der Waals surface area contributed by atoms with Gasteiger partial charge in [-0.25, -0.2) is 0 Å². The molecule has 3 heterocycles. The number of carbonyl (C=O) groups excluding carboxylic acids is 2. The minimum Gasteiger partial charge on any atom is -0.353 e. The minimum atomic E-state index is -0.0824. The summed E-state index contributed by atoms with van der Waals surface area (Å²) in [7, 11) is 1.91. The van der Waals surface area contributed by atoms with Crippen molar-refractivity contribution in [3.8, 4) is 0 Å². The van der Waals surface area contributed by atoms with Crippen LogP contribution in [0.3, 0.4) is 0 Å². The molecule has 7 nitrogen and oxygen atoms in total. The van der Waals surface area contributed by atoms with Crippen molar-refractivity contribution in [3.63, 3.8) is 0 Å². The molecule has 2 aliphatic heterocycles. The van der Waals surface area contributed by atoms with Gasteiger partial charge >= 0.3 is 0 Å². The second-order valence-electron chi connectivity index (χ2n) is 7.20. The van der Waals surface area contributed by atoms with Gasteiger partial charge in [0.05, 0.1) is 5.92 Å². The fourth-order valence-electron chi connectivity index (χ4n) is 3.77. The molecule has 3 aliphatic rings. The summed E-state index contributed by atoms with van der Waals surface area (Å²) in [5.74, 6) is 0.000141. The lowest BCUT2D eigenvalue weighted by atomic mass is 9.96. The first-order valence-corrected chi connectivity index (χ1v) is 8.98. The summed E-state index contributed by atoms with van der Waals surface area (Å²) < 4.78 is 1.84. The number of fused-ring (bicyclic) bond motifs is 1. The highest BCUT2D eigenvalue weighted by atomic mass is 16.2. The Hall–Kier alpha value is -1.89. The Bertz CT molecular complexity index is 664. The molecule has 1 aromatic rings. The zero-order chi connectivity index (χ0) is 16.7. The van der Waals surface area contributed by atoms with Crippen molar-refractivity contribution < 1.29 is 9.59 Å². The minimum absolute atomic E-state index is 0.0283. The topological polar surface area (TPSA) is 79.3 Å². The van der Waals surface area contributed by atoms with Crippen molar-refractivity contribution in [2.45, 2.75) is 44.7 Å². The molecular weight excluding hydrogens is 306 g/mol. The summed E-state index contributed by atoms with van der Waals surface area (Å²) in [5.41, 5.74) is 2.73. The second kappa shape index (κ2) is 6.20. The van der Waals surface area contributed by atoms with E-state index in [1.807, 2.05) is 16.6 Å². The summed E-state index contributed by atoms with van der Waals surface area (Å²) in [4.78, 5) is 27.1. The molecule has 2 amide bonds. The van der Waals surface area contributed by atoms with Crippen LogP contribution in [0.15, 0.2) is 0 Å². The first kappa shape index (κ1) is 15.6. The van der Waals surface area contributed by atoms with Crippen molar-refractivity contribution in [2.24, 2.45) is 13.0 Å². The van der Waals surface area contributed by atoms with E-state index in [2.05, 4.69) is 15.7 Å². The number of nitrogens with one attached hydrogen (secondary N) is 2. The molecule has 0 unspecified atom stereocenters. The van der Waals surface area contributed by atoms with Crippen LogP contribution in [-0.2, 0) is 24.8 Å². The maximum absolute atomic E-state index is 13.0. The van der Waals surface area contributed by atoms with Gasteiger partial charge < -0.3 is 15.5 Å². The molecule has 7 heteroatoms.